The molecule has 0 unspecified atom stereocenters. The summed E-state index contributed by atoms with van der Waals surface area (Å²) in [6.07, 6.45) is 3.03. The van der Waals surface area contributed by atoms with E-state index >= 15 is 0 Å². The van der Waals surface area contributed by atoms with Gasteiger partial charge >= 0.3 is 0 Å². The van der Waals surface area contributed by atoms with Crippen LogP contribution in [0.25, 0.3) is 0 Å². The number of allylic oxidation sites excluding steroid dienone is 2. The van der Waals surface area contributed by atoms with Gasteiger partial charge in [-0.2, -0.15) is 0 Å². The van der Waals surface area contributed by atoms with Crippen molar-refractivity contribution in [2.75, 3.05) is 0 Å². The molecule has 0 saturated carbocycles. The molecule has 0 radical (unpaired) electrons. The highest BCUT2D eigenvalue weighted by atomic mass is 35.5. The number of rotatable bonds is 2. The van der Waals surface area contributed by atoms with Crippen molar-refractivity contribution < 1.29 is 9.18 Å². The van der Waals surface area contributed by atoms with E-state index in [1.807, 2.05) is 0 Å². The molecular formula is C10H8ClFO. The van der Waals surface area contributed by atoms with Gasteiger partial charge in [-0.3, -0.25) is 4.79 Å². The third kappa shape index (κ3) is 2.39. The van der Waals surface area contributed by atoms with Crippen LogP contribution in [0.3, 0.4) is 0 Å². The molecule has 0 atom stereocenters. The van der Waals surface area contributed by atoms with Crippen LogP contribution in [0, 0.1) is 5.82 Å². The second kappa shape index (κ2) is 4.19. The highest BCUT2D eigenvalue weighted by molar-refractivity contribution is 6.31. The van der Waals surface area contributed by atoms with Gasteiger partial charge < -0.3 is 0 Å². The molecule has 0 aliphatic carbocycles. The summed E-state index contributed by atoms with van der Waals surface area (Å²) in [4.78, 5) is 11.2. The van der Waals surface area contributed by atoms with E-state index in [0.29, 0.717) is 5.56 Å². The zero-order valence-corrected chi connectivity index (χ0v) is 7.81. The summed E-state index contributed by atoms with van der Waals surface area (Å²) in [7, 11) is 0. The fraction of sp³-hybridized carbons (Fsp3) is 0.100. The van der Waals surface area contributed by atoms with E-state index in [1.54, 1.807) is 13.0 Å². The second-order valence-electron chi connectivity index (χ2n) is 2.49. The molecule has 0 spiro atoms. The minimum absolute atomic E-state index is 0.0321. The number of carbonyl (C=O) groups excluding carboxylic acids is 1. The Morgan fingerprint density at radius 3 is 2.77 bits per heavy atom. The van der Waals surface area contributed by atoms with Gasteiger partial charge in [-0.1, -0.05) is 17.7 Å². The summed E-state index contributed by atoms with van der Waals surface area (Å²) in [5.74, 6) is -0.692. The van der Waals surface area contributed by atoms with Gasteiger partial charge in [-0.05, 0) is 31.2 Å². The molecule has 0 saturated heterocycles. The van der Waals surface area contributed by atoms with Gasteiger partial charge in [-0.25, -0.2) is 4.39 Å². The van der Waals surface area contributed by atoms with Crippen LogP contribution in [0.15, 0.2) is 30.4 Å². The van der Waals surface area contributed by atoms with Crippen LogP contribution in [0.2, 0.25) is 5.02 Å². The molecule has 0 aliphatic rings. The summed E-state index contributed by atoms with van der Waals surface area (Å²) in [5.41, 5.74) is 0.393. The molecule has 3 heteroatoms. The molecule has 68 valence electrons. The van der Waals surface area contributed by atoms with Gasteiger partial charge in [0, 0.05) is 5.56 Å². The maximum atomic E-state index is 12.7. The third-order valence-electron chi connectivity index (χ3n) is 1.52. The van der Waals surface area contributed by atoms with Crippen molar-refractivity contribution in [3.63, 3.8) is 0 Å². The molecule has 1 rings (SSSR count). The van der Waals surface area contributed by atoms with Crippen molar-refractivity contribution in [2.45, 2.75) is 6.92 Å². The normalized spacial score (nSPS) is 10.7. The Hall–Kier alpha value is -1.15. The quantitative estimate of drug-likeness (QED) is 0.527. The van der Waals surface area contributed by atoms with Crippen LogP contribution in [-0.2, 0) is 0 Å². The monoisotopic (exact) mass is 198 g/mol. The SMILES string of the molecule is C/C=C/C(=O)c1ccc(F)c(Cl)c1. The van der Waals surface area contributed by atoms with Crippen LogP contribution in [-0.4, -0.2) is 5.78 Å². The van der Waals surface area contributed by atoms with Crippen molar-refractivity contribution in [3.8, 4) is 0 Å². The topological polar surface area (TPSA) is 17.1 Å². The van der Waals surface area contributed by atoms with E-state index in [2.05, 4.69) is 0 Å². The summed E-state index contributed by atoms with van der Waals surface area (Å²) < 4.78 is 12.7. The van der Waals surface area contributed by atoms with Gasteiger partial charge in [0.25, 0.3) is 0 Å². The smallest absolute Gasteiger partial charge is 0.185 e. The Bertz CT molecular complexity index is 358. The van der Waals surface area contributed by atoms with Crippen LogP contribution in [0.5, 0.6) is 0 Å². The molecule has 1 aromatic carbocycles. The van der Waals surface area contributed by atoms with Crippen LogP contribution >= 0.6 is 11.6 Å². The van der Waals surface area contributed by atoms with Crippen LogP contribution in [0.1, 0.15) is 17.3 Å². The first-order valence-corrected chi connectivity index (χ1v) is 4.15. The van der Waals surface area contributed by atoms with Crippen molar-refractivity contribution >= 4 is 17.4 Å². The van der Waals surface area contributed by atoms with E-state index in [0.717, 1.165) is 0 Å². The first kappa shape index (κ1) is 9.93. The molecule has 0 fully saturated rings. The maximum absolute atomic E-state index is 12.7. The first-order chi connectivity index (χ1) is 6.15. The second-order valence-corrected chi connectivity index (χ2v) is 2.90. The number of ketones is 1. The standard InChI is InChI=1S/C10H8ClFO/c1-2-3-10(13)7-4-5-9(12)8(11)6-7/h2-6H,1H3/b3-2+. The highest BCUT2D eigenvalue weighted by Gasteiger charge is 2.04. The lowest BCUT2D eigenvalue weighted by Crippen LogP contribution is -1.94. The predicted octanol–water partition coefficient (Wildman–Crippen LogP) is 3.24. The first-order valence-electron chi connectivity index (χ1n) is 3.77. The minimum Gasteiger partial charge on any atom is -0.289 e. The highest BCUT2D eigenvalue weighted by Crippen LogP contribution is 2.16. The minimum atomic E-state index is -0.515. The molecule has 1 aromatic rings. The predicted molar refractivity (Wildman–Crippen MR) is 50.6 cm³/mol. The molecule has 0 aromatic heterocycles. The third-order valence-corrected chi connectivity index (χ3v) is 1.81. The number of benzene rings is 1. The average Bonchev–Trinajstić information content (AvgIpc) is 2.10. The van der Waals surface area contributed by atoms with E-state index in [1.165, 1.54) is 24.3 Å². The van der Waals surface area contributed by atoms with Gasteiger partial charge in [0.2, 0.25) is 0 Å². The number of hydrogen-bond donors (Lipinski definition) is 0. The van der Waals surface area contributed by atoms with Gasteiger partial charge in [0.05, 0.1) is 5.02 Å². The Morgan fingerprint density at radius 2 is 2.23 bits per heavy atom. The fourth-order valence-corrected chi connectivity index (χ4v) is 1.08. The van der Waals surface area contributed by atoms with Crippen molar-refractivity contribution in [1.82, 2.24) is 0 Å². The molecule has 0 N–H and O–H groups in total. The van der Waals surface area contributed by atoms with E-state index < -0.39 is 5.82 Å². The molecule has 1 nitrogen and oxygen atoms in total. The van der Waals surface area contributed by atoms with Crippen molar-refractivity contribution in [1.29, 1.82) is 0 Å². The largest absolute Gasteiger partial charge is 0.289 e. The van der Waals surface area contributed by atoms with Gasteiger partial charge in [-0.15, -0.1) is 0 Å². The lowest BCUT2D eigenvalue weighted by molar-refractivity contribution is 0.104. The Labute approximate surface area is 80.8 Å². The molecule has 13 heavy (non-hydrogen) atoms. The van der Waals surface area contributed by atoms with Crippen LogP contribution in [0.4, 0.5) is 4.39 Å². The summed E-state index contributed by atoms with van der Waals surface area (Å²) in [5, 5.41) is -0.0321. The van der Waals surface area contributed by atoms with Crippen molar-refractivity contribution in [3.05, 3.63) is 46.8 Å². The summed E-state index contributed by atoms with van der Waals surface area (Å²) in [6, 6.07) is 3.90. The number of halogens is 2. The Balaban J connectivity index is 3.04. The summed E-state index contributed by atoms with van der Waals surface area (Å²) >= 11 is 5.51. The zero-order chi connectivity index (χ0) is 9.84. The average molecular weight is 199 g/mol. The molecule has 0 bridgehead atoms. The number of carbonyl (C=O) groups is 1. The summed E-state index contributed by atoms with van der Waals surface area (Å²) in [6.45, 7) is 1.74. The van der Waals surface area contributed by atoms with E-state index in [9.17, 15) is 9.18 Å². The van der Waals surface area contributed by atoms with E-state index in [4.69, 9.17) is 11.6 Å². The number of hydrogen-bond acceptors (Lipinski definition) is 1. The Kier molecular flexibility index (Phi) is 3.20. The lowest BCUT2D eigenvalue weighted by Gasteiger charge is -1.97. The molecule has 0 heterocycles. The van der Waals surface area contributed by atoms with E-state index in [-0.39, 0.29) is 10.8 Å². The zero-order valence-electron chi connectivity index (χ0n) is 7.05. The lowest BCUT2D eigenvalue weighted by atomic mass is 10.1. The van der Waals surface area contributed by atoms with Gasteiger partial charge in [0.1, 0.15) is 5.82 Å². The van der Waals surface area contributed by atoms with Crippen molar-refractivity contribution in [2.24, 2.45) is 0 Å². The molecular weight excluding hydrogens is 191 g/mol. The fourth-order valence-electron chi connectivity index (χ4n) is 0.897. The Morgan fingerprint density at radius 1 is 1.54 bits per heavy atom. The molecule has 0 aliphatic heterocycles. The van der Waals surface area contributed by atoms with Gasteiger partial charge in [0.15, 0.2) is 5.78 Å². The van der Waals surface area contributed by atoms with Crippen LogP contribution < -0.4 is 0 Å². The molecule has 0 amide bonds. The maximum Gasteiger partial charge on any atom is 0.185 e.